The van der Waals surface area contributed by atoms with Gasteiger partial charge < -0.3 is 19.3 Å². The van der Waals surface area contributed by atoms with Crippen LogP contribution in [0.1, 0.15) is 33.3 Å². The van der Waals surface area contributed by atoms with E-state index in [2.05, 4.69) is 10.0 Å². The highest BCUT2D eigenvalue weighted by molar-refractivity contribution is 5.71. The quantitative estimate of drug-likeness (QED) is 0.441. The molecule has 0 saturated carbocycles. The second-order valence-corrected chi connectivity index (χ2v) is 7.67. The molecule has 1 saturated heterocycles. The topological polar surface area (TPSA) is 108 Å². The molecule has 2 atom stereocenters. The lowest BCUT2D eigenvalue weighted by molar-refractivity contribution is -0.00129. The van der Waals surface area contributed by atoms with Gasteiger partial charge >= 0.3 is 12.2 Å². The van der Waals surface area contributed by atoms with Crippen LogP contribution in [0.3, 0.4) is 0 Å². The van der Waals surface area contributed by atoms with Crippen molar-refractivity contribution in [3.05, 3.63) is 46.3 Å². The van der Waals surface area contributed by atoms with Gasteiger partial charge in [-0.2, -0.15) is 0 Å². The van der Waals surface area contributed by atoms with Crippen molar-refractivity contribution >= 4 is 12.2 Å². The normalized spacial score (nSPS) is 18.1. The molecule has 0 aromatic heterocycles. The molecule has 2 rings (SSSR count). The van der Waals surface area contributed by atoms with Crippen molar-refractivity contribution in [2.75, 3.05) is 19.6 Å². The van der Waals surface area contributed by atoms with Gasteiger partial charge in [0.2, 0.25) is 0 Å². The van der Waals surface area contributed by atoms with Crippen LogP contribution in [0.15, 0.2) is 35.4 Å². The average Bonchev–Trinajstić information content (AvgIpc) is 2.65. The number of carbonyl (C=O) groups is 2. The van der Waals surface area contributed by atoms with Crippen molar-refractivity contribution in [3.63, 3.8) is 0 Å². The van der Waals surface area contributed by atoms with Crippen molar-refractivity contribution in [1.29, 1.82) is 0 Å². The summed E-state index contributed by atoms with van der Waals surface area (Å²) < 4.78 is 10.8. The Kier molecular flexibility index (Phi) is 7.12. The molecule has 2 amide bonds. The number of piperazine rings is 1. The minimum absolute atomic E-state index is 0.147. The molecule has 152 valence electrons. The predicted octanol–water partition coefficient (Wildman–Crippen LogP) is 3.94. The Bertz CT molecular complexity index is 728. The lowest BCUT2D eigenvalue weighted by atomic mass is 10.1. The Hall–Kier alpha value is -2.93. The van der Waals surface area contributed by atoms with E-state index in [0.29, 0.717) is 6.54 Å². The van der Waals surface area contributed by atoms with Crippen LogP contribution in [-0.2, 0) is 16.1 Å². The largest absolute Gasteiger partial charge is 0.445 e. The minimum Gasteiger partial charge on any atom is -0.445 e. The third-order valence-electron chi connectivity index (χ3n) is 4.30. The molecule has 28 heavy (non-hydrogen) atoms. The first kappa shape index (κ1) is 21.4. The van der Waals surface area contributed by atoms with Crippen LogP contribution >= 0.6 is 0 Å². The summed E-state index contributed by atoms with van der Waals surface area (Å²) in [4.78, 5) is 30.9. The number of benzene rings is 1. The van der Waals surface area contributed by atoms with Crippen molar-refractivity contribution in [2.45, 2.75) is 52.0 Å². The highest BCUT2D eigenvalue weighted by Gasteiger charge is 2.37. The maximum atomic E-state index is 12.6. The fraction of sp³-hybridized carbons (Fsp3) is 0.579. The molecule has 0 N–H and O–H groups in total. The molecule has 1 fully saturated rings. The van der Waals surface area contributed by atoms with E-state index in [4.69, 9.17) is 15.0 Å². The van der Waals surface area contributed by atoms with Crippen LogP contribution in [0.5, 0.6) is 0 Å². The van der Waals surface area contributed by atoms with Crippen molar-refractivity contribution in [1.82, 2.24) is 9.80 Å². The molecular weight excluding hydrogens is 362 g/mol. The van der Waals surface area contributed by atoms with Gasteiger partial charge in [-0.15, -0.1) is 0 Å². The fourth-order valence-corrected chi connectivity index (χ4v) is 2.90. The van der Waals surface area contributed by atoms with Gasteiger partial charge in [0.15, 0.2) is 0 Å². The summed E-state index contributed by atoms with van der Waals surface area (Å²) in [6.45, 7) is 8.02. The van der Waals surface area contributed by atoms with E-state index in [1.54, 1.807) is 27.7 Å². The average molecular weight is 389 g/mol. The maximum Gasteiger partial charge on any atom is 0.410 e. The van der Waals surface area contributed by atoms with Crippen molar-refractivity contribution in [3.8, 4) is 0 Å². The van der Waals surface area contributed by atoms with Gasteiger partial charge in [0.1, 0.15) is 12.2 Å². The number of amides is 2. The number of azide groups is 1. The zero-order valence-electron chi connectivity index (χ0n) is 16.7. The van der Waals surface area contributed by atoms with Gasteiger partial charge in [-0.05, 0) is 31.9 Å². The molecule has 9 nitrogen and oxygen atoms in total. The first-order valence-corrected chi connectivity index (χ1v) is 9.20. The molecular formula is C19H27N5O4. The molecule has 9 heteroatoms. The first-order valence-electron chi connectivity index (χ1n) is 9.20. The zero-order chi connectivity index (χ0) is 20.7. The summed E-state index contributed by atoms with van der Waals surface area (Å²) in [5.74, 6) is 0. The first-order chi connectivity index (χ1) is 13.2. The van der Waals surface area contributed by atoms with Crippen LogP contribution in [-0.4, -0.2) is 59.3 Å². The number of carbonyl (C=O) groups excluding carboxylic acids is 2. The van der Waals surface area contributed by atoms with E-state index in [1.165, 1.54) is 9.80 Å². The number of nitrogens with zero attached hydrogens (tertiary/aromatic N) is 5. The lowest BCUT2D eigenvalue weighted by Crippen LogP contribution is -2.60. The standard InChI is InChI=1S/C19H27N5O4/c1-14(21-22-20)16-12-23(17(25)28-19(2,3)4)10-11-24(16)18(26)27-13-15-8-6-5-7-9-15/h5-9,14,16H,10-13H2,1-4H3/t14-,16-/m0/s1. The Morgan fingerprint density at radius 3 is 2.54 bits per heavy atom. The van der Waals surface area contributed by atoms with Gasteiger partial charge in [0, 0.05) is 24.5 Å². The van der Waals surface area contributed by atoms with Gasteiger partial charge in [-0.3, -0.25) is 0 Å². The highest BCUT2D eigenvalue weighted by atomic mass is 16.6. The Balaban J connectivity index is 2.07. The molecule has 0 radical (unpaired) electrons. The molecule has 0 aliphatic carbocycles. The summed E-state index contributed by atoms with van der Waals surface area (Å²) in [6, 6.07) is 8.34. The highest BCUT2D eigenvalue weighted by Crippen LogP contribution is 2.20. The van der Waals surface area contributed by atoms with E-state index >= 15 is 0 Å². The van der Waals surface area contributed by atoms with E-state index in [0.717, 1.165) is 5.56 Å². The molecule has 1 heterocycles. The van der Waals surface area contributed by atoms with Crippen LogP contribution in [0.2, 0.25) is 0 Å². The predicted molar refractivity (Wildman–Crippen MR) is 104 cm³/mol. The number of hydrogen-bond donors (Lipinski definition) is 0. The summed E-state index contributed by atoms with van der Waals surface area (Å²) in [6.07, 6.45) is -0.958. The number of hydrogen-bond acceptors (Lipinski definition) is 5. The Labute approximate surface area is 164 Å². The van der Waals surface area contributed by atoms with Crippen LogP contribution in [0.25, 0.3) is 10.4 Å². The van der Waals surface area contributed by atoms with Gasteiger partial charge in [0.25, 0.3) is 0 Å². The van der Waals surface area contributed by atoms with Gasteiger partial charge in [0.05, 0.1) is 12.1 Å². The third-order valence-corrected chi connectivity index (χ3v) is 4.30. The lowest BCUT2D eigenvalue weighted by Gasteiger charge is -2.42. The third kappa shape index (κ3) is 6.06. The summed E-state index contributed by atoms with van der Waals surface area (Å²) in [5.41, 5.74) is 9.05. The second-order valence-electron chi connectivity index (χ2n) is 7.67. The SMILES string of the molecule is C[C@H](N=[N+]=[N-])[C@@H]1CN(C(=O)OC(C)(C)C)CCN1C(=O)OCc1ccccc1. The van der Waals surface area contributed by atoms with E-state index in [1.807, 2.05) is 30.3 Å². The van der Waals surface area contributed by atoms with E-state index in [-0.39, 0.29) is 19.7 Å². The van der Waals surface area contributed by atoms with Gasteiger partial charge in [-0.1, -0.05) is 42.4 Å². The molecule has 0 spiro atoms. The molecule has 0 unspecified atom stereocenters. The molecule has 1 aliphatic rings. The summed E-state index contributed by atoms with van der Waals surface area (Å²) in [5, 5.41) is 3.72. The van der Waals surface area contributed by atoms with Crippen LogP contribution in [0.4, 0.5) is 9.59 Å². The molecule has 0 bridgehead atoms. The molecule has 1 aliphatic heterocycles. The fourth-order valence-electron chi connectivity index (χ4n) is 2.90. The monoisotopic (exact) mass is 389 g/mol. The Morgan fingerprint density at radius 1 is 1.25 bits per heavy atom. The minimum atomic E-state index is -0.616. The van der Waals surface area contributed by atoms with Crippen molar-refractivity contribution < 1.29 is 19.1 Å². The zero-order valence-corrected chi connectivity index (χ0v) is 16.7. The number of rotatable bonds is 4. The summed E-state index contributed by atoms with van der Waals surface area (Å²) >= 11 is 0. The maximum absolute atomic E-state index is 12.6. The summed E-state index contributed by atoms with van der Waals surface area (Å²) in [7, 11) is 0. The number of ether oxygens (including phenoxy) is 2. The van der Waals surface area contributed by atoms with Crippen LogP contribution < -0.4 is 0 Å². The second kappa shape index (κ2) is 9.32. The van der Waals surface area contributed by atoms with Gasteiger partial charge in [-0.25, -0.2) is 9.59 Å². The van der Waals surface area contributed by atoms with E-state index < -0.39 is 29.9 Å². The van der Waals surface area contributed by atoms with E-state index in [9.17, 15) is 9.59 Å². The molecule has 1 aromatic rings. The molecule has 1 aromatic carbocycles. The van der Waals surface area contributed by atoms with Crippen molar-refractivity contribution in [2.24, 2.45) is 5.11 Å². The Morgan fingerprint density at radius 2 is 1.93 bits per heavy atom. The smallest absolute Gasteiger partial charge is 0.410 e. The van der Waals surface area contributed by atoms with Crippen LogP contribution in [0, 0.1) is 0 Å².